The molecule has 1 aromatic carbocycles. The lowest BCUT2D eigenvalue weighted by Gasteiger charge is -2.45. The second-order valence-corrected chi connectivity index (χ2v) is 5.78. The summed E-state index contributed by atoms with van der Waals surface area (Å²) >= 11 is 0. The van der Waals surface area contributed by atoms with E-state index in [-0.39, 0.29) is 12.4 Å². The standard InChI is InChI=1S/C16H24N2O2.ClH/c1-19-15-5-3-4-13(16(15)20-2)10-17-14-11-18-8-6-12(14)7-9-18;/h3-5,12,14,17H,6-11H2,1-2H3;1H/p-1. The summed E-state index contributed by atoms with van der Waals surface area (Å²) < 4.78 is 10.9. The maximum absolute atomic E-state index is 5.49. The van der Waals surface area contributed by atoms with E-state index in [0.29, 0.717) is 6.04 Å². The highest BCUT2D eigenvalue weighted by Crippen LogP contribution is 2.32. The Bertz CT molecular complexity index is 462. The zero-order valence-corrected chi connectivity index (χ0v) is 13.5. The second-order valence-electron chi connectivity index (χ2n) is 5.78. The van der Waals surface area contributed by atoms with Crippen LogP contribution in [0.5, 0.6) is 11.5 Å². The molecule has 5 heteroatoms. The van der Waals surface area contributed by atoms with Gasteiger partial charge in [0.25, 0.3) is 0 Å². The third-order valence-corrected chi connectivity index (χ3v) is 4.70. The fraction of sp³-hybridized carbons (Fsp3) is 0.625. The van der Waals surface area contributed by atoms with Crippen LogP contribution in [-0.4, -0.2) is 44.8 Å². The quantitative estimate of drug-likeness (QED) is 0.748. The lowest BCUT2D eigenvalue weighted by atomic mass is 9.84. The van der Waals surface area contributed by atoms with Crippen molar-refractivity contribution in [1.82, 2.24) is 10.2 Å². The molecular weight excluding hydrogens is 288 g/mol. The number of benzene rings is 1. The maximum atomic E-state index is 5.49. The Balaban J connectivity index is 0.00000161. The fourth-order valence-electron chi connectivity index (χ4n) is 3.53. The molecule has 0 saturated carbocycles. The molecule has 1 atom stereocenters. The van der Waals surface area contributed by atoms with Crippen LogP contribution in [0.3, 0.4) is 0 Å². The van der Waals surface area contributed by atoms with Gasteiger partial charge in [-0.05, 0) is 37.9 Å². The minimum absolute atomic E-state index is 0. The third-order valence-electron chi connectivity index (χ3n) is 4.70. The summed E-state index contributed by atoms with van der Waals surface area (Å²) in [6.07, 6.45) is 2.68. The van der Waals surface area contributed by atoms with E-state index in [9.17, 15) is 0 Å². The van der Waals surface area contributed by atoms with Crippen molar-refractivity contribution < 1.29 is 21.9 Å². The second kappa shape index (κ2) is 7.34. The highest BCUT2D eigenvalue weighted by atomic mass is 35.5. The maximum Gasteiger partial charge on any atom is 0.165 e. The molecule has 0 aromatic heterocycles. The number of hydrogen-bond acceptors (Lipinski definition) is 4. The van der Waals surface area contributed by atoms with Gasteiger partial charge in [0.1, 0.15) is 0 Å². The van der Waals surface area contributed by atoms with Crippen LogP contribution in [0.4, 0.5) is 0 Å². The molecule has 1 N–H and O–H groups in total. The van der Waals surface area contributed by atoms with Crippen molar-refractivity contribution in [3.63, 3.8) is 0 Å². The van der Waals surface area contributed by atoms with Gasteiger partial charge in [-0.15, -0.1) is 0 Å². The predicted molar refractivity (Wildman–Crippen MR) is 79.3 cm³/mol. The Labute approximate surface area is 133 Å². The number of halogens is 1. The minimum Gasteiger partial charge on any atom is -1.00 e. The summed E-state index contributed by atoms with van der Waals surface area (Å²) in [7, 11) is 3.39. The van der Waals surface area contributed by atoms with Crippen molar-refractivity contribution in [3.05, 3.63) is 23.8 Å². The van der Waals surface area contributed by atoms with Crippen molar-refractivity contribution in [1.29, 1.82) is 0 Å². The first-order chi connectivity index (χ1) is 9.81. The summed E-state index contributed by atoms with van der Waals surface area (Å²) in [6.45, 7) is 4.60. The molecule has 21 heavy (non-hydrogen) atoms. The predicted octanol–water partition coefficient (Wildman–Crippen LogP) is -1.11. The van der Waals surface area contributed by atoms with Gasteiger partial charge in [-0.2, -0.15) is 0 Å². The van der Waals surface area contributed by atoms with Crippen LogP contribution in [0.15, 0.2) is 18.2 Å². The summed E-state index contributed by atoms with van der Waals surface area (Å²) in [4.78, 5) is 2.57. The number of piperidine rings is 3. The van der Waals surface area contributed by atoms with Crippen LogP contribution in [0.2, 0.25) is 0 Å². The molecule has 3 aliphatic heterocycles. The first kappa shape index (κ1) is 16.4. The first-order valence-corrected chi connectivity index (χ1v) is 7.47. The molecule has 1 aromatic rings. The molecule has 4 rings (SSSR count). The molecule has 2 bridgehead atoms. The molecule has 1 unspecified atom stereocenters. The zero-order chi connectivity index (χ0) is 13.9. The number of rotatable bonds is 5. The van der Waals surface area contributed by atoms with Gasteiger partial charge < -0.3 is 32.1 Å². The molecule has 3 fully saturated rings. The lowest BCUT2D eigenvalue weighted by molar-refractivity contribution is -0.00000467. The normalized spacial score (nSPS) is 27.0. The molecule has 118 valence electrons. The Morgan fingerprint density at radius 2 is 1.95 bits per heavy atom. The molecule has 3 saturated heterocycles. The molecule has 0 aliphatic carbocycles. The van der Waals surface area contributed by atoms with Crippen LogP contribution in [0.1, 0.15) is 18.4 Å². The SMILES string of the molecule is COc1cccc(CNC2CN3CCC2CC3)c1OC.[Cl-]. The largest absolute Gasteiger partial charge is 1.00 e. The first-order valence-electron chi connectivity index (χ1n) is 7.47. The van der Waals surface area contributed by atoms with E-state index in [4.69, 9.17) is 9.47 Å². The average Bonchev–Trinajstić information content (AvgIpc) is 2.53. The number of ether oxygens (including phenoxy) is 2. The van der Waals surface area contributed by atoms with Crippen molar-refractivity contribution in [2.75, 3.05) is 33.9 Å². The van der Waals surface area contributed by atoms with Gasteiger partial charge in [0.05, 0.1) is 14.2 Å². The van der Waals surface area contributed by atoms with E-state index < -0.39 is 0 Å². The van der Waals surface area contributed by atoms with E-state index in [2.05, 4.69) is 16.3 Å². The Morgan fingerprint density at radius 3 is 2.52 bits per heavy atom. The number of para-hydroxylation sites is 1. The van der Waals surface area contributed by atoms with E-state index in [1.165, 1.54) is 38.0 Å². The number of hydrogen-bond donors (Lipinski definition) is 1. The molecule has 3 heterocycles. The van der Waals surface area contributed by atoms with Crippen LogP contribution in [0.25, 0.3) is 0 Å². The molecule has 0 amide bonds. The number of nitrogens with one attached hydrogen (secondary N) is 1. The van der Waals surface area contributed by atoms with Gasteiger partial charge in [-0.3, -0.25) is 0 Å². The van der Waals surface area contributed by atoms with Gasteiger partial charge >= 0.3 is 0 Å². The molecular formula is C16H24ClN2O2-. The van der Waals surface area contributed by atoms with Gasteiger partial charge in [-0.25, -0.2) is 0 Å². The minimum atomic E-state index is 0. The van der Waals surface area contributed by atoms with Crippen molar-refractivity contribution in [3.8, 4) is 11.5 Å². The van der Waals surface area contributed by atoms with Crippen LogP contribution >= 0.6 is 0 Å². The van der Waals surface area contributed by atoms with Gasteiger partial charge in [0.2, 0.25) is 0 Å². The Hall–Kier alpha value is -0.970. The number of methoxy groups -OCH3 is 2. The van der Waals surface area contributed by atoms with E-state index in [0.717, 1.165) is 24.0 Å². The van der Waals surface area contributed by atoms with Crippen molar-refractivity contribution >= 4 is 0 Å². The summed E-state index contributed by atoms with van der Waals surface area (Å²) in [5.41, 5.74) is 1.17. The molecule has 0 spiro atoms. The Morgan fingerprint density at radius 1 is 1.19 bits per heavy atom. The van der Waals surface area contributed by atoms with Crippen LogP contribution in [-0.2, 0) is 6.54 Å². The highest BCUT2D eigenvalue weighted by Gasteiger charge is 2.33. The van der Waals surface area contributed by atoms with Crippen molar-refractivity contribution in [2.24, 2.45) is 5.92 Å². The smallest absolute Gasteiger partial charge is 0.165 e. The third kappa shape index (κ3) is 3.44. The van der Waals surface area contributed by atoms with E-state index >= 15 is 0 Å². The summed E-state index contributed by atoms with van der Waals surface area (Å²) in [5.74, 6) is 2.50. The van der Waals surface area contributed by atoms with Crippen molar-refractivity contribution in [2.45, 2.75) is 25.4 Å². The molecule has 3 aliphatic rings. The average molecular weight is 312 g/mol. The van der Waals surface area contributed by atoms with Crippen LogP contribution < -0.4 is 27.2 Å². The molecule has 0 radical (unpaired) electrons. The Kier molecular flexibility index (Phi) is 5.73. The van der Waals surface area contributed by atoms with E-state index in [1.54, 1.807) is 14.2 Å². The highest BCUT2D eigenvalue weighted by molar-refractivity contribution is 5.46. The van der Waals surface area contributed by atoms with E-state index in [1.807, 2.05) is 12.1 Å². The topological polar surface area (TPSA) is 33.7 Å². The number of nitrogens with zero attached hydrogens (tertiary/aromatic N) is 1. The van der Waals surface area contributed by atoms with Gasteiger partial charge in [0.15, 0.2) is 11.5 Å². The lowest BCUT2D eigenvalue weighted by Crippen LogP contribution is -3.00. The van der Waals surface area contributed by atoms with Gasteiger partial charge in [-0.1, -0.05) is 12.1 Å². The van der Waals surface area contributed by atoms with Gasteiger partial charge in [0, 0.05) is 24.7 Å². The molecule has 4 nitrogen and oxygen atoms in total. The summed E-state index contributed by atoms with van der Waals surface area (Å²) in [5, 5.41) is 3.72. The van der Waals surface area contributed by atoms with Crippen LogP contribution in [0, 0.1) is 5.92 Å². The fourth-order valence-corrected chi connectivity index (χ4v) is 3.53. The zero-order valence-electron chi connectivity index (χ0n) is 12.8. The number of fused-ring (bicyclic) bond motifs is 3. The monoisotopic (exact) mass is 311 g/mol. The summed E-state index contributed by atoms with van der Waals surface area (Å²) in [6, 6.07) is 6.69.